The third kappa shape index (κ3) is 2.68. The summed E-state index contributed by atoms with van der Waals surface area (Å²) in [6.07, 6.45) is 0. The summed E-state index contributed by atoms with van der Waals surface area (Å²) in [6.45, 7) is 3.44. The third-order valence-electron chi connectivity index (χ3n) is 4.09. The van der Waals surface area contributed by atoms with Crippen molar-refractivity contribution in [2.24, 2.45) is 0 Å². The predicted octanol–water partition coefficient (Wildman–Crippen LogP) is 3.23. The van der Waals surface area contributed by atoms with Gasteiger partial charge in [-0.15, -0.1) is 0 Å². The second-order valence-electron chi connectivity index (χ2n) is 5.53. The van der Waals surface area contributed by atoms with Crippen molar-refractivity contribution >= 4 is 33.9 Å². The van der Waals surface area contributed by atoms with Gasteiger partial charge in [0.25, 0.3) is 0 Å². The number of rotatable bonds is 3. The second-order valence-corrected chi connectivity index (χ2v) is 5.94. The molecule has 118 valence electrons. The van der Waals surface area contributed by atoms with Gasteiger partial charge in [0, 0.05) is 16.8 Å². The van der Waals surface area contributed by atoms with E-state index < -0.39 is 0 Å². The molecule has 2 aromatic rings. The van der Waals surface area contributed by atoms with E-state index in [1.807, 2.05) is 43.3 Å². The molecule has 0 bridgehead atoms. The Bertz CT molecular complexity index is 842. The van der Waals surface area contributed by atoms with E-state index in [-0.39, 0.29) is 11.8 Å². The average molecular weight is 326 g/mol. The van der Waals surface area contributed by atoms with Gasteiger partial charge in [0.2, 0.25) is 0 Å². The Morgan fingerprint density at radius 2 is 1.96 bits per heavy atom. The Morgan fingerprint density at radius 3 is 2.65 bits per heavy atom. The molecule has 3 rings (SSSR count). The molecule has 5 heteroatoms. The van der Waals surface area contributed by atoms with Crippen LogP contribution >= 0.6 is 12.2 Å². The SMILES string of the molecule is COc1ccc2ccccc2c1[C@@H]1NC(=S)NC(C)=C1C(C)=O. The molecule has 1 aliphatic rings. The van der Waals surface area contributed by atoms with Gasteiger partial charge in [-0.1, -0.05) is 30.3 Å². The largest absolute Gasteiger partial charge is 0.496 e. The van der Waals surface area contributed by atoms with Gasteiger partial charge in [-0.3, -0.25) is 4.79 Å². The van der Waals surface area contributed by atoms with Crippen LogP contribution in [0.1, 0.15) is 25.5 Å². The number of nitrogens with one attached hydrogen (secondary N) is 2. The zero-order chi connectivity index (χ0) is 16.6. The fourth-order valence-corrected chi connectivity index (χ4v) is 3.40. The molecule has 0 amide bonds. The number of ketones is 1. The van der Waals surface area contributed by atoms with Gasteiger partial charge in [0.05, 0.1) is 13.2 Å². The molecule has 0 unspecified atom stereocenters. The lowest BCUT2D eigenvalue weighted by Gasteiger charge is -2.31. The maximum Gasteiger partial charge on any atom is 0.171 e. The first kappa shape index (κ1) is 15.5. The minimum atomic E-state index is -0.331. The highest BCUT2D eigenvalue weighted by Crippen LogP contribution is 2.38. The monoisotopic (exact) mass is 326 g/mol. The Kier molecular flexibility index (Phi) is 4.05. The van der Waals surface area contributed by atoms with Gasteiger partial charge in [0.15, 0.2) is 10.9 Å². The number of carbonyl (C=O) groups excluding carboxylic acids is 1. The van der Waals surface area contributed by atoms with Crippen LogP contribution in [0.2, 0.25) is 0 Å². The molecule has 2 aromatic carbocycles. The number of Topliss-reactive ketones (excluding diaryl/α,β-unsaturated/α-hetero) is 1. The number of carbonyl (C=O) groups is 1. The van der Waals surface area contributed by atoms with E-state index in [0.717, 1.165) is 27.8 Å². The van der Waals surface area contributed by atoms with Gasteiger partial charge >= 0.3 is 0 Å². The normalized spacial score (nSPS) is 17.7. The van der Waals surface area contributed by atoms with Crippen LogP contribution in [0.15, 0.2) is 47.7 Å². The molecular formula is C18H18N2O2S. The minimum Gasteiger partial charge on any atom is -0.496 e. The average Bonchev–Trinajstić information content (AvgIpc) is 2.52. The lowest BCUT2D eigenvalue weighted by molar-refractivity contribution is -0.114. The van der Waals surface area contributed by atoms with Crippen molar-refractivity contribution in [1.82, 2.24) is 10.6 Å². The number of methoxy groups -OCH3 is 1. The van der Waals surface area contributed by atoms with Crippen LogP contribution in [0.5, 0.6) is 5.75 Å². The van der Waals surface area contributed by atoms with Crippen LogP contribution in [0.3, 0.4) is 0 Å². The molecule has 23 heavy (non-hydrogen) atoms. The summed E-state index contributed by atoms with van der Waals surface area (Å²) < 4.78 is 5.57. The lowest BCUT2D eigenvalue weighted by atomic mass is 9.89. The fraction of sp³-hybridized carbons (Fsp3) is 0.222. The molecule has 0 fully saturated rings. The number of fused-ring (bicyclic) bond motifs is 1. The molecule has 2 N–H and O–H groups in total. The van der Waals surface area contributed by atoms with E-state index in [0.29, 0.717) is 10.7 Å². The van der Waals surface area contributed by atoms with E-state index in [1.165, 1.54) is 0 Å². The molecule has 0 aliphatic carbocycles. The van der Waals surface area contributed by atoms with Crippen molar-refractivity contribution in [1.29, 1.82) is 0 Å². The fourth-order valence-electron chi connectivity index (χ4n) is 3.13. The van der Waals surface area contributed by atoms with Crippen LogP contribution in [0.25, 0.3) is 10.8 Å². The molecule has 0 saturated heterocycles. The van der Waals surface area contributed by atoms with Crippen LogP contribution in [0.4, 0.5) is 0 Å². The molecular weight excluding hydrogens is 308 g/mol. The van der Waals surface area contributed by atoms with Crippen molar-refractivity contribution in [3.8, 4) is 5.75 Å². The number of hydrogen-bond acceptors (Lipinski definition) is 3. The topological polar surface area (TPSA) is 50.4 Å². The first-order valence-electron chi connectivity index (χ1n) is 7.37. The maximum atomic E-state index is 12.2. The van der Waals surface area contributed by atoms with E-state index in [1.54, 1.807) is 14.0 Å². The lowest BCUT2D eigenvalue weighted by Crippen LogP contribution is -2.44. The van der Waals surface area contributed by atoms with Gasteiger partial charge in [-0.2, -0.15) is 0 Å². The molecule has 0 spiro atoms. The Morgan fingerprint density at radius 1 is 1.22 bits per heavy atom. The number of thiocarbonyl (C=S) groups is 1. The van der Waals surface area contributed by atoms with Crippen molar-refractivity contribution in [3.63, 3.8) is 0 Å². The molecule has 0 saturated carbocycles. The molecule has 4 nitrogen and oxygen atoms in total. The van der Waals surface area contributed by atoms with Gasteiger partial charge < -0.3 is 15.4 Å². The summed E-state index contributed by atoms with van der Waals surface area (Å²) in [7, 11) is 1.64. The number of allylic oxidation sites excluding steroid dienone is 1. The number of ether oxygens (including phenoxy) is 1. The molecule has 0 radical (unpaired) electrons. The predicted molar refractivity (Wildman–Crippen MR) is 95.5 cm³/mol. The summed E-state index contributed by atoms with van der Waals surface area (Å²) >= 11 is 5.29. The van der Waals surface area contributed by atoms with Crippen LogP contribution in [-0.4, -0.2) is 18.0 Å². The number of benzene rings is 2. The highest BCUT2D eigenvalue weighted by Gasteiger charge is 2.31. The van der Waals surface area contributed by atoms with Crippen LogP contribution in [-0.2, 0) is 4.79 Å². The molecule has 1 aliphatic heterocycles. The Labute approximate surface area is 140 Å². The highest BCUT2D eigenvalue weighted by atomic mass is 32.1. The Balaban J connectivity index is 2.31. The van der Waals surface area contributed by atoms with Crippen molar-refractivity contribution in [3.05, 3.63) is 53.2 Å². The summed E-state index contributed by atoms with van der Waals surface area (Å²) in [5.74, 6) is 0.738. The van der Waals surface area contributed by atoms with E-state index in [2.05, 4.69) is 10.6 Å². The van der Waals surface area contributed by atoms with Gasteiger partial charge in [-0.05, 0) is 42.9 Å². The van der Waals surface area contributed by atoms with E-state index >= 15 is 0 Å². The van der Waals surface area contributed by atoms with Gasteiger partial charge in [-0.25, -0.2) is 0 Å². The highest BCUT2D eigenvalue weighted by molar-refractivity contribution is 7.80. The zero-order valence-electron chi connectivity index (χ0n) is 13.3. The summed E-state index contributed by atoms with van der Waals surface area (Å²) in [4.78, 5) is 12.2. The van der Waals surface area contributed by atoms with Crippen LogP contribution in [0, 0.1) is 0 Å². The first-order valence-corrected chi connectivity index (χ1v) is 7.78. The second kappa shape index (κ2) is 6.01. The van der Waals surface area contributed by atoms with Crippen molar-refractivity contribution < 1.29 is 9.53 Å². The van der Waals surface area contributed by atoms with Crippen molar-refractivity contribution in [2.75, 3.05) is 7.11 Å². The Hall–Kier alpha value is -2.40. The molecule has 1 atom stereocenters. The maximum absolute atomic E-state index is 12.2. The van der Waals surface area contributed by atoms with Crippen LogP contribution < -0.4 is 15.4 Å². The van der Waals surface area contributed by atoms with Crippen molar-refractivity contribution in [2.45, 2.75) is 19.9 Å². The molecule has 1 heterocycles. The summed E-state index contributed by atoms with van der Waals surface area (Å²) in [5.41, 5.74) is 2.38. The number of hydrogen-bond donors (Lipinski definition) is 2. The van der Waals surface area contributed by atoms with Gasteiger partial charge in [0.1, 0.15) is 5.75 Å². The van der Waals surface area contributed by atoms with E-state index in [9.17, 15) is 4.79 Å². The zero-order valence-corrected chi connectivity index (χ0v) is 14.1. The molecule has 0 aromatic heterocycles. The summed E-state index contributed by atoms with van der Waals surface area (Å²) in [6, 6.07) is 11.7. The smallest absolute Gasteiger partial charge is 0.171 e. The third-order valence-corrected chi connectivity index (χ3v) is 4.31. The standard InChI is InChI=1S/C18H18N2O2S/c1-10-15(11(2)21)17(20-18(23)19-10)16-13-7-5-4-6-12(13)8-9-14(16)22-3/h4-9,17H,1-3H3,(H2,19,20,23)/t17-/m1/s1. The summed E-state index contributed by atoms with van der Waals surface area (Å²) in [5, 5.41) is 8.90. The first-order chi connectivity index (χ1) is 11.0. The minimum absolute atomic E-state index is 0.00462. The quantitative estimate of drug-likeness (QED) is 0.848. The van der Waals surface area contributed by atoms with E-state index in [4.69, 9.17) is 17.0 Å².